The number of aromatic nitrogens is 4. The summed E-state index contributed by atoms with van der Waals surface area (Å²) in [4.78, 5) is 37.6. The SMILES string of the molecule is COC(=O)N1CCC(n2c(=O)n(Cc3ncc4cc(C#N)ccc4c3CCCCO[Si](c3ccccc3)(c3ccccc3)C(C)(C)C)c3cnccc32)CC1. The number of pyridine rings is 2. The Morgan fingerprint density at radius 3 is 2.25 bits per heavy atom. The number of amides is 1. The second kappa shape index (κ2) is 16.0. The lowest BCUT2D eigenvalue weighted by molar-refractivity contribution is 0.107. The maximum atomic E-state index is 14.3. The zero-order chi connectivity index (χ0) is 38.6. The molecule has 1 saturated heterocycles. The number of methoxy groups -OCH3 is 1. The number of nitriles is 1. The Kier molecular flexibility index (Phi) is 11.0. The van der Waals surface area contributed by atoms with Crippen LogP contribution in [0.2, 0.25) is 5.04 Å². The van der Waals surface area contributed by atoms with Gasteiger partial charge in [0.25, 0.3) is 8.32 Å². The molecule has 1 fully saturated rings. The van der Waals surface area contributed by atoms with Crippen LogP contribution >= 0.6 is 0 Å². The molecule has 0 unspecified atom stereocenters. The molecule has 0 atom stereocenters. The van der Waals surface area contributed by atoms with E-state index >= 15 is 0 Å². The molecule has 1 amide bonds. The molecular formula is C44H48N6O4Si. The molecule has 7 rings (SSSR count). The quantitative estimate of drug-likeness (QED) is 0.104. The smallest absolute Gasteiger partial charge is 0.409 e. The van der Waals surface area contributed by atoms with Gasteiger partial charge in [-0.05, 0) is 76.7 Å². The average Bonchev–Trinajstić information content (AvgIpc) is 3.49. The van der Waals surface area contributed by atoms with Crippen molar-refractivity contribution in [3.8, 4) is 6.07 Å². The second-order valence-corrected chi connectivity index (χ2v) is 19.7. The third-order valence-corrected chi connectivity index (χ3v) is 16.1. The van der Waals surface area contributed by atoms with Gasteiger partial charge in [0.15, 0.2) is 0 Å². The molecule has 6 aromatic rings. The molecule has 0 bridgehead atoms. The fourth-order valence-electron chi connectivity index (χ4n) is 8.42. The summed E-state index contributed by atoms with van der Waals surface area (Å²) >= 11 is 0. The summed E-state index contributed by atoms with van der Waals surface area (Å²) in [6, 6.07) is 31.2. The summed E-state index contributed by atoms with van der Waals surface area (Å²) < 4.78 is 15.8. The molecule has 0 aliphatic carbocycles. The van der Waals surface area contributed by atoms with Gasteiger partial charge in [0.2, 0.25) is 0 Å². The van der Waals surface area contributed by atoms with E-state index in [9.17, 15) is 14.9 Å². The van der Waals surface area contributed by atoms with Gasteiger partial charge in [-0.3, -0.25) is 19.1 Å². The van der Waals surface area contributed by atoms with E-state index in [1.165, 1.54) is 17.5 Å². The maximum Gasteiger partial charge on any atom is 0.409 e. The number of ether oxygens (including phenoxy) is 1. The van der Waals surface area contributed by atoms with Crippen molar-refractivity contribution in [3.05, 3.63) is 131 Å². The molecule has 1 aliphatic heterocycles. The van der Waals surface area contributed by atoms with Crippen molar-refractivity contribution in [1.29, 1.82) is 5.26 Å². The lowest BCUT2D eigenvalue weighted by Gasteiger charge is -2.43. The highest BCUT2D eigenvalue weighted by molar-refractivity contribution is 6.99. The molecule has 1 aliphatic rings. The van der Waals surface area contributed by atoms with Gasteiger partial charge in [-0.25, -0.2) is 9.59 Å². The summed E-state index contributed by atoms with van der Waals surface area (Å²) in [6.45, 7) is 8.80. The molecular weight excluding hydrogens is 705 g/mol. The van der Waals surface area contributed by atoms with Crippen LogP contribution in [0.15, 0.2) is 108 Å². The van der Waals surface area contributed by atoms with E-state index in [0.717, 1.165) is 52.3 Å². The van der Waals surface area contributed by atoms with Crippen molar-refractivity contribution in [2.24, 2.45) is 0 Å². The van der Waals surface area contributed by atoms with Gasteiger partial charge in [-0.1, -0.05) is 87.5 Å². The van der Waals surface area contributed by atoms with Gasteiger partial charge >= 0.3 is 11.8 Å². The van der Waals surface area contributed by atoms with Crippen LogP contribution < -0.4 is 16.1 Å². The van der Waals surface area contributed by atoms with Crippen molar-refractivity contribution >= 4 is 46.6 Å². The van der Waals surface area contributed by atoms with Gasteiger partial charge in [-0.15, -0.1) is 0 Å². The number of benzene rings is 3. The molecule has 282 valence electrons. The summed E-state index contributed by atoms with van der Waals surface area (Å²) in [5, 5.41) is 14.0. The van der Waals surface area contributed by atoms with Crippen molar-refractivity contribution in [3.63, 3.8) is 0 Å². The number of unbranched alkanes of at least 4 members (excludes halogenated alkanes) is 1. The summed E-state index contributed by atoms with van der Waals surface area (Å²) in [6.07, 6.45) is 8.64. The monoisotopic (exact) mass is 752 g/mol. The molecule has 0 N–H and O–H groups in total. The van der Waals surface area contributed by atoms with Gasteiger partial charge in [-0.2, -0.15) is 5.26 Å². The Morgan fingerprint density at radius 1 is 0.927 bits per heavy atom. The zero-order valence-electron chi connectivity index (χ0n) is 32.1. The molecule has 3 aromatic heterocycles. The number of nitrogens with zero attached hydrogens (tertiary/aromatic N) is 6. The first-order valence-electron chi connectivity index (χ1n) is 19.1. The first-order valence-corrected chi connectivity index (χ1v) is 21.0. The van der Waals surface area contributed by atoms with Gasteiger partial charge in [0.1, 0.15) is 0 Å². The minimum Gasteiger partial charge on any atom is -0.453 e. The van der Waals surface area contributed by atoms with Gasteiger partial charge in [0.05, 0.1) is 48.2 Å². The third-order valence-electron chi connectivity index (χ3n) is 11.1. The van der Waals surface area contributed by atoms with E-state index in [0.29, 0.717) is 38.1 Å². The number of likely N-dealkylation sites (tertiary alicyclic amines) is 1. The number of aryl methyl sites for hydroxylation is 1. The number of carbonyl (C=O) groups is 1. The minimum absolute atomic E-state index is 0.0662. The Labute approximate surface area is 323 Å². The molecule has 0 spiro atoms. The predicted molar refractivity (Wildman–Crippen MR) is 218 cm³/mol. The minimum atomic E-state index is -2.67. The van der Waals surface area contributed by atoms with Crippen LogP contribution in [0.5, 0.6) is 0 Å². The molecule has 55 heavy (non-hydrogen) atoms. The Hall–Kier alpha value is -5.57. The van der Waals surface area contributed by atoms with E-state index in [4.69, 9.17) is 14.1 Å². The molecule has 0 saturated carbocycles. The van der Waals surface area contributed by atoms with E-state index in [1.807, 2.05) is 35.0 Å². The Balaban J connectivity index is 1.18. The lowest BCUT2D eigenvalue weighted by Crippen LogP contribution is -2.66. The Bertz CT molecular complexity index is 2350. The van der Waals surface area contributed by atoms with Crippen LogP contribution in [-0.2, 0) is 22.1 Å². The molecule has 3 aromatic carbocycles. The average molecular weight is 753 g/mol. The van der Waals surface area contributed by atoms with Crippen LogP contribution in [0.25, 0.3) is 21.8 Å². The fraction of sp³-hybridized carbons (Fsp3) is 0.341. The molecule has 10 nitrogen and oxygen atoms in total. The number of imidazole rings is 1. The largest absolute Gasteiger partial charge is 0.453 e. The highest BCUT2D eigenvalue weighted by Gasteiger charge is 2.50. The number of hydrogen-bond acceptors (Lipinski definition) is 7. The Morgan fingerprint density at radius 2 is 1.62 bits per heavy atom. The standard InChI is InChI=1S/C44H48N6O4Si/c1-44(2,3)55(35-13-7-5-8-14-35,36-15-9-6-10-16-36)54-26-12-11-17-38-37-19-18-32(28-45)27-33(37)29-47-39(38)31-49-41-30-46-23-20-40(41)50(42(49)51)34-21-24-48(25-22-34)43(52)53-4/h5-10,13-16,18-20,23,27,29-30,34H,11-12,17,21-22,24-26,31H2,1-4H3. The first-order chi connectivity index (χ1) is 26.7. The van der Waals surface area contributed by atoms with Crippen LogP contribution in [0.4, 0.5) is 4.79 Å². The number of rotatable bonds is 11. The van der Waals surface area contributed by atoms with Crippen molar-refractivity contribution < 1.29 is 14.0 Å². The van der Waals surface area contributed by atoms with Crippen LogP contribution in [0.3, 0.4) is 0 Å². The topological polar surface area (TPSA) is 115 Å². The van der Waals surface area contributed by atoms with Gasteiger partial charge in [0, 0.05) is 43.5 Å². The highest BCUT2D eigenvalue weighted by atomic mass is 28.4. The van der Waals surface area contributed by atoms with Crippen LogP contribution in [0.1, 0.15) is 69.3 Å². The van der Waals surface area contributed by atoms with Crippen LogP contribution in [0, 0.1) is 11.3 Å². The van der Waals surface area contributed by atoms with Gasteiger partial charge < -0.3 is 14.1 Å². The predicted octanol–water partition coefficient (Wildman–Crippen LogP) is 6.97. The van der Waals surface area contributed by atoms with Crippen molar-refractivity contribution in [2.45, 2.75) is 70.5 Å². The molecule has 11 heteroatoms. The molecule has 0 radical (unpaired) electrons. The van der Waals surface area contributed by atoms with E-state index in [2.05, 4.69) is 92.5 Å². The summed E-state index contributed by atoms with van der Waals surface area (Å²) in [7, 11) is -1.27. The molecule has 4 heterocycles. The summed E-state index contributed by atoms with van der Waals surface area (Å²) in [5.41, 5.74) is 3.90. The lowest BCUT2D eigenvalue weighted by atomic mass is 9.98. The highest BCUT2D eigenvalue weighted by Crippen LogP contribution is 2.37. The number of piperidine rings is 1. The third kappa shape index (κ3) is 7.32. The fourth-order valence-corrected chi connectivity index (χ4v) is 13.0. The maximum absolute atomic E-state index is 14.3. The van der Waals surface area contributed by atoms with Crippen LogP contribution in [-0.4, -0.2) is 65.2 Å². The van der Waals surface area contributed by atoms with Crippen molar-refractivity contribution in [1.82, 2.24) is 24.0 Å². The second-order valence-electron chi connectivity index (χ2n) is 15.4. The first kappa shape index (κ1) is 37.7. The van der Waals surface area contributed by atoms with E-state index in [-0.39, 0.29) is 29.4 Å². The number of hydrogen-bond donors (Lipinski definition) is 0. The number of carbonyl (C=O) groups excluding carboxylic acids is 1. The summed E-state index contributed by atoms with van der Waals surface area (Å²) in [5.74, 6) is 0. The van der Waals surface area contributed by atoms with E-state index < -0.39 is 8.32 Å². The van der Waals surface area contributed by atoms with Crippen molar-refractivity contribution in [2.75, 3.05) is 26.8 Å². The van der Waals surface area contributed by atoms with E-state index in [1.54, 1.807) is 21.9 Å². The zero-order valence-corrected chi connectivity index (χ0v) is 33.1. The number of fused-ring (bicyclic) bond motifs is 2. The normalized spacial score (nSPS) is 14.0.